The lowest BCUT2D eigenvalue weighted by Gasteiger charge is -2.11. The van der Waals surface area contributed by atoms with Gasteiger partial charge in [0.2, 0.25) is 5.91 Å². The number of amides is 1. The van der Waals surface area contributed by atoms with E-state index in [0.717, 1.165) is 41.1 Å². The number of carbonyl (C=O) groups is 1. The fourth-order valence-corrected chi connectivity index (χ4v) is 4.53. The number of carbonyl (C=O) groups excluding carboxylic acids is 1. The number of primary amides is 1. The van der Waals surface area contributed by atoms with Gasteiger partial charge >= 0.3 is 0 Å². The molecule has 4 aromatic rings. The van der Waals surface area contributed by atoms with Crippen molar-refractivity contribution in [1.29, 1.82) is 0 Å². The molecule has 0 unspecified atom stereocenters. The van der Waals surface area contributed by atoms with Crippen LogP contribution in [-0.2, 0) is 19.4 Å². The summed E-state index contributed by atoms with van der Waals surface area (Å²) in [7, 11) is 0. The normalized spacial score (nSPS) is 13.3. The molecule has 27 heavy (non-hydrogen) atoms. The van der Waals surface area contributed by atoms with Crippen LogP contribution in [0.25, 0.3) is 21.8 Å². The first kappa shape index (κ1) is 15.9. The van der Waals surface area contributed by atoms with E-state index in [2.05, 4.69) is 16.7 Å². The summed E-state index contributed by atoms with van der Waals surface area (Å²) >= 11 is 0. The average Bonchev–Trinajstić information content (AvgIpc) is 3.25. The van der Waals surface area contributed by atoms with Gasteiger partial charge in [-0.15, -0.1) is 0 Å². The van der Waals surface area contributed by atoms with Crippen molar-refractivity contribution in [1.82, 2.24) is 4.57 Å². The molecule has 1 aromatic heterocycles. The number of fused-ring (bicyclic) bond motifs is 5. The van der Waals surface area contributed by atoms with Gasteiger partial charge in [0.1, 0.15) is 5.75 Å². The van der Waals surface area contributed by atoms with E-state index < -0.39 is 5.91 Å². The third-order valence-corrected chi connectivity index (χ3v) is 5.65. The first-order valence-corrected chi connectivity index (χ1v) is 9.27. The highest BCUT2D eigenvalue weighted by Gasteiger charge is 2.25. The number of phenols is 1. The zero-order valence-corrected chi connectivity index (χ0v) is 14.9. The van der Waals surface area contributed by atoms with E-state index >= 15 is 0 Å². The van der Waals surface area contributed by atoms with Gasteiger partial charge in [0.15, 0.2) is 0 Å². The Morgan fingerprint density at radius 3 is 2.63 bits per heavy atom. The fraction of sp³-hybridized carbons (Fsp3) is 0.174. The topological polar surface area (TPSA) is 68.2 Å². The lowest BCUT2D eigenvalue weighted by atomic mass is 10.0. The van der Waals surface area contributed by atoms with Gasteiger partial charge in [0.05, 0.1) is 16.4 Å². The molecule has 3 N–H and O–H groups in total. The van der Waals surface area contributed by atoms with E-state index in [1.165, 1.54) is 16.7 Å². The number of phenolic OH excluding ortho intramolecular Hbond substituents is 1. The summed E-state index contributed by atoms with van der Waals surface area (Å²) in [6.07, 6.45) is 3.06. The first-order chi connectivity index (χ1) is 13.1. The predicted molar refractivity (Wildman–Crippen MR) is 107 cm³/mol. The summed E-state index contributed by atoms with van der Waals surface area (Å²) in [5.41, 5.74) is 11.8. The highest BCUT2D eigenvalue weighted by atomic mass is 16.3. The van der Waals surface area contributed by atoms with E-state index in [-0.39, 0.29) is 5.75 Å². The molecule has 1 aliphatic carbocycles. The van der Waals surface area contributed by atoms with E-state index in [1.54, 1.807) is 6.07 Å². The Morgan fingerprint density at radius 2 is 1.85 bits per heavy atom. The summed E-state index contributed by atoms with van der Waals surface area (Å²) in [5.74, 6) is -0.240. The van der Waals surface area contributed by atoms with Crippen molar-refractivity contribution >= 4 is 27.7 Å². The van der Waals surface area contributed by atoms with Crippen molar-refractivity contribution in [2.45, 2.75) is 25.8 Å². The summed E-state index contributed by atoms with van der Waals surface area (Å²) in [4.78, 5) is 12.1. The van der Waals surface area contributed by atoms with Gasteiger partial charge in [-0.2, -0.15) is 0 Å². The smallest absolute Gasteiger partial charge is 0.249 e. The lowest BCUT2D eigenvalue weighted by Crippen LogP contribution is -2.11. The van der Waals surface area contributed by atoms with Crippen LogP contribution in [0.4, 0.5) is 0 Å². The molecule has 1 heterocycles. The Hall–Kier alpha value is -3.27. The minimum atomic E-state index is -0.473. The van der Waals surface area contributed by atoms with Gasteiger partial charge in [0, 0.05) is 17.5 Å². The fourth-order valence-electron chi connectivity index (χ4n) is 4.53. The van der Waals surface area contributed by atoms with Crippen LogP contribution < -0.4 is 5.73 Å². The van der Waals surface area contributed by atoms with Gasteiger partial charge < -0.3 is 15.4 Å². The van der Waals surface area contributed by atoms with Crippen molar-refractivity contribution in [2.75, 3.05) is 0 Å². The predicted octanol–water partition coefficient (Wildman–Crippen LogP) is 4.14. The maximum Gasteiger partial charge on any atom is 0.249 e. The quantitative estimate of drug-likeness (QED) is 0.579. The average molecular weight is 356 g/mol. The monoisotopic (exact) mass is 356 g/mol. The molecule has 0 bridgehead atoms. The van der Waals surface area contributed by atoms with Gasteiger partial charge in [0.25, 0.3) is 0 Å². The minimum absolute atomic E-state index is 0.233. The molecule has 0 fully saturated rings. The van der Waals surface area contributed by atoms with Crippen LogP contribution in [0.2, 0.25) is 0 Å². The van der Waals surface area contributed by atoms with Crippen molar-refractivity contribution in [3.05, 3.63) is 76.9 Å². The van der Waals surface area contributed by atoms with Crippen LogP contribution in [0.15, 0.2) is 54.6 Å². The van der Waals surface area contributed by atoms with Crippen LogP contribution in [0.1, 0.15) is 33.5 Å². The number of aromatic hydroxyl groups is 1. The molecule has 0 spiro atoms. The zero-order chi connectivity index (χ0) is 18.5. The van der Waals surface area contributed by atoms with Crippen LogP contribution in [-0.4, -0.2) is 15.6 Å². The molecule has 3 aromatic carbocycles. The van der Waals surface area contributed by atoms with Gasteiger partial charge in [-0.1, -0.05) is 36.4 Å². The summed E-state index contributed by atoms with van der Waals surface area (Å²) in [5, 5.41) is 12.4. The summed E-state index contributed by atoms with van der Waals surface area (Å²) in [6, 6.07) is 17.7. The maximum atomic E-state index is 12.1. The number of rotatable bonds is 3. The summed E-state index contributed by atoms with van der Waals surface area (Å²) < 4.78 is 2.23. The van der Waals surface area contributed by atoms with E-state index in [0.29, 0.717) is 12.1 Å². The Labute approximate surface area is 156 Å². The van der Waals surface area contributed by atoms with Gasteiger partial charge in [-0.3, -0.25) is 4.79 Å². The number of aromatic nitrogens is 1. The molecular formula is C23H20N2O2. The Kier molecular flexibility index (Phi) is 3.47. The lowest BCUT2D eigenvalue weighted by molar-refractivity contribution is 0.100. The van der Waals surface area contributed by atoms with Crippen LogP contribution in [0, 0.1) is 0 Å². The van der Waals surface area contributed by atoms with Crippen molar-refractivity contribution in [3.8, 4) is 5.75 Å². The molecular weight excluding hydrogens is 336 g/mol. The van der Waals surface area contributed by atoms with Gasteiger partial charge in [-0.05, 0) is 54.2 Å². The van der Waals surface area contributed by atoms with E-state index in [9.17, 15) is 9.90 Å². The van der Waals surface area contributed by atoms with E-state index in [4.69, 9.17) is 5.73 Å². The van der Waals surface area contributed by atoms with Crippen LogP contribution in [0.5, 0.6) is 5.75 Å². The minimum Gasteiger partial charge on any atom is -0.507 e. The zero-order valence-electron chi connectivity index (χ0n) is 14.9. The number of nitrogens with two attached hydrogens (primary N) is 1. The number of hydrogen-bond donors (Lipinski definition) is 2. The van der Waals surface area contributed by atoms with Crippen LogP contribution >= 0.6 is 0 Å². The van der Waals surface area contributed by atoms with Crippen LogP contribution in [0.3, 0.4) is 0 Å². The highest BCUT2D eigenvalue weighted by molar-refractivity contribution is 6.20. The molecule has 0 aliphatic heterocycles. The second kappa shape index (κ2) is 5.88. The highest BCUT2D eigenvalue weighted by Crippen LogP contribution is 2.43. The standard InChI is InChI=1S/C23H20N2O2/c24-23(27)17-10-5-11-18-20(17)21-19(26)12-15-8-4-9-16(15)22(21)25(18)13-14-6-2-1-3-7-14/h1-3,5-7,10-12,26H,4,8-9,13H2,(H2,24,27). The second-order valence-corrected chi connectivity index (χ2v) is 7.25. The molecule has 1 aliphatic rings. The molecule has 0 saturated heterocycles. The van der Waals surface area contributed by atoms with Crippen molar-refractivity contribution in [3.63, 3.8) is 0 Å². The maximum absolute atomic E-state index is 12.1. The Morgan fingerprint density at radius 1 is 1.04 bits per heavy atom. The van der Waals surface area contributed by atoms with Crippen molar-refractivity contribution in [2.24, 2.45) is 5.73 Å². The molecule has 4 nitrogen and oxygen atoms in total. The summed E-state index contributed by atoms with van der Waals surface area (Å²) in [6.45, 7) is 0.680. The molecule has 134 valence electrons. The molecule has 0 radical (unpaired) electrons. The Balaban J connectivity index is 1.94. The SMILES string of the molecule is NC(=O)c1cccc2c1c1c(O)cc3c(c1n2Cc1ccccc1)CCC3. The molecule has 4 heteroatoms. The molecule has 0 saturated carbocycles. The second-order valence-electron chi connectivity index (χ2n) is 7.25. The first-order valence-electron chi connectivity index (χ1n) is 9.27. The molecule has 1 amide bonds. The largest absolute Gasteiger partial charge is 0.507 e. The molecule has 5 rings (SSSR count). The molecule has 0 atom stereocenters. The number of aryl methyl sites for hydroxylation is 2. The third-order valence-electron chi connectivity index (χ3n) is 5.65. The van der Waals surface area contributed by atoms with E-state index in [1.807, 2.05) is 36.4 Å². The third kappa shape index (κ3) is 2.33. The number of benzene rings is 3. The Bertz CT molecular complexity index is 1210. The van der Waals surface area contributed by atoms with Gasteiger partial charge in [-0.25, -0.2) is 0 Å². The number of hydrogen-bond acceptors (Lipinski definition) is 2. The number of nitrogens with zero attached hydrogens (tertiary/aromatic N) is 1. The van der Waals surface area contributed by atoms with Crippen molar-refractivity contribution < 1.29 is 9.90 Å².